The SMILES string of the molecule is CC[C@H](C)SSc1ccccn1. The van der Waals surface area contributed by atoms with E-state index in [1.54, 1.807) is 10.8 Å². The van der Waals surface area contributed by atoms with Gasteiger partial charge in [-0.25, -0.2) is 4.98 Å². The van der Waals surface area contributed by atoms with Crippen molar-refractivity contribution in [3.05, 3.63) is 24.4 Å². The van der Waals surface area contributed by atoms with Crippen LogP contribution in [0.15, 0.2) is 29.4 Å². The second kappa shape index (κ2) is 5.49. The van der Waals surface area contributed by atoms with E-state index < -0.39 is 0 Å². The minimum atomic E-state index is 0.706. The molecular formula is C9H13NS2. The van der Waals surface area contributed by atoms with Gasteiger partial charge in [-0.2, -0.15) is 0 Å². The number of hydrogen-bond acceptors (Lipinski definition) is 3. The van der Waals surface area contributed by atoms with E-state index >= 15 is 0 Å². The highest BCUT2D eigenvalue weighted by Gasteiger charge is 2.00. The summed E-state index contributed by atoms with van der Waals surface area (Å²) in [6.45, 7) is 4.44. The van der Waals surface area contributed by atoms with Gasteiger partial charge in [0.05, 0.1) is 0 Å². The quantitative estimate of drug-likeness (QED) is 0.687. The van der Waals surface area contributed by atoms with Crippen LogP contribution in [-0.2, 0) is 0 Å². The molecule has 0 bridgehead atoms. The molecule has 0 spiro atoms. The van der Waals surface area contributed by atoms with Gasteiger partial charge < -0.3 is 0 Å². The number of rotatable bonds is 4. The molecule has 1 nitrogen and oxygen atoms in total. The Labute approximate surface area is 81.8 Å². The molecule has 0 saturated carbocycles. The van der Waals surface area contributed by atoms with Crippen molar-refractivity contribution in [2.24, 2.45) is 0 Å². The number of pyridine rings is 1. The molecule has 0 N–H and O–H groups in total. The molecule has 1 atom stereocenters. The van der Waals surface area contributed by atoms with Gasteiger partial charge in [-0.05, 0) is 29.3 Å². The maximum absolute atomic E-state index is 4.23. The second-order valence-corrected chi connectivity index (χ2v) is 5.23. The molecule has 1 aromatic rings. The highest BCUT2D eigenvalue weighted by atomic mass is 33.1. The zero-order chi connectivity index (χ0) is 8.81. The normalized spacial score (nSPS) is 12.8. The van der Waals surface area contributed by atoms with E-state index in [1.165, 1.54) is 6.42 Å². The van der Waals surface area contributed by atoms with Gasteiger partial charge in [-0.15, -0.1) is 0 Å². The lowest BCUT2D eigenvalue weighted by molar-refractivity contribution is 0.912. The van der Waals surface area contributed by atoms with Crippen molar-refractivity contribution in [2.75, 3.05) is 0 Å². The smallest absolute Gasteiger partial charge is 0.106 e. The number of nitrogens with zero attached hydrogens (tertiary/aromatic N) is 1. The summed E-state index contributed by atoms with van der Waals surface area (Å²) in [7, 11) is 3.64. The molecule has 0 aliphatic rings. The number of aromatic nitrogens is 1. The minimum absolute atomic E-state index is 0.706. The first kappa shape index (κ1) is 9.93. The topological polar surface area (TPSA) is 12.9 Å². The zero-order valence-corrected chi connectivity index (χ0v) is 8.99. The van der Waals surface area contributed by atoms with Crippen molar-refractivity contribution < 1.29 is 0 Å². The summed E-state index contributed by atoms with van der Waals surface area (Å²) in [5, 5.41) is 1.81. The Morgan fingerprint density at radius 2 is 2.33 bits per heavy atom. The Morgan fingerprint density at radius 1 is 1.50 bits per heavy atom. The summed E-state index contributed by atoms with van der Waals surface area (Å²) < 4.78 is 0. The summed E-state index contributed by atoms with van der Waals surface area (Å²) >= 11 is 0. The average Bonchev–Trinajstić information content (AvgIpc) is 2.16. The molecule has 1 heterocycles. The Bertz CT molecular complexity index is 213. The predicted molar refractivity (Wildman–Crippen MR) is 57.4 cm³/mol. The number of hydrogen-bond donors (Lipinski definition) is 0. The molecule has 0 saturated heterocycles. The van der Waals surface area contributed by atoms with Crippen LogP contribution < -0.4 is 0 Å². The van der Waals surface area contributed by atoms with Crippen molar-refractivity contribution in [1.82, 2.24) is 4.98 Å². The van der Waals surface area contributed by atoms with Crippen molar-refractivity contribution in [3.8, 4) is 0 Å². The Kier molecular flexibility index (Phi) is 4.54. The van der Waals surface area contributed by atoms with Gasteiger partial charge in [0.25, 0.3) is 0 Å². The average molecular weight is 199 g/mol. The van der Waals surface area contributed by atoms with Crippen molar-refractivity contribution in [1.29, 1.82) is 0 Å². The predicted octanol–water partition coefficient (Wildman–Crippen LogP) is 3.62. The standard InChI is InChI=1S/C9H13NS2/c1-3-8(2)11-12-9-6-4-5-7-10-9/h4-8H,3H2,1-2H3/t8-/m0/s1. The fraction of sp³-hybridized carbons (Fsp3) is 0.444. The first-order valence-electron chi connectivity index (χ1n) is 4.07. The van der Waals surface area contributed by atoms with E-state index in [2.05, 4.69) is 18.8 Å². The van der Waals surface area contributed by atoms with Crippen LogP contribution in [0.25, 0.3) is 0 Å². The highest BCUT2D eigenvalue weighted by molar-refractivity contribution is 8.76. The summed E-state index contributed by atoms with van der Waals surface area (Å²) in [6.07, 6.45) is 3.05. The highest BCUT2D eigenvalue weighted by Crippen LogP contribution is 2.33. The Hall–Kier alpha value is -0.150. The molecular weight excluding hydrogens is 186 g/mol. The van der Waals surface area contributed by atoms with Crippen LogP contribution in [0, 0.1) is 0 Å². The van der Waals surface area contributed by atoms with Gasteiger partial charge in [0.1, 0.15) is 5.03 Å². The zero-order valence-electron chi connectivity index (χ0n) is 7.36. The van der Waals surface area contributed by atoms with Gasteiger partial charge in [-0.1, -0.05) is 30.7 Å². The Morgan fingerprint density at radius 3 is 2.92 bits per heavy atom. The van der Waals surface area contributed by atoms with Gasteiger partial charge in [-0.3, -0.25) is 0 Å². The largest absolute Gasteiger partial charge is 0.249 e. The molecule has 0 radical (unpaired) electrons. The lowest BCUT2D eigenvalue weighted by atomic mass is 10.4. The summed E-state index contributed by atoms with van der Waals surface area (Å²) in [6, 6.07) is 6.00. The van der Waals surface area contributed by atoms with Crippen LogP contribution in [0.5, 0.6) is 0 Å². The van der Waals surface area contributed by atoms with Crippen molar-refractivity contribution in [2.45, 2.75) is 30.5 Å². The van der Waals surface area contributed by atoms with E-state index in [0.717, 1.165) is 5.03 Å². The molecule has 12 heavy (non-hydrogen) atoms. The van der Waals surface area contributed by atoms with E-state index in [1.807, 2.05) is 35.2 Å². The van der Waals surface area contributed by atoms with Gasteiger partial charge in [0.15, 0.2) is 0 Å². The van der Waals surface area contributed by atoms with Crippen LogP contribution in [0.4, 0.5) is 0 Å². The van der Waals surface area contributed by atoms with Crippen molar-refractivity contribution >= 4 is 21.6 Å². The van der Waals surface area contributed by atoms with Crippen LogP contribution >= 0.6 is 21.6 Å². The van der Waals surface area contributed by atoms with Gasteiger partial charge in [0.2, 0.25) is 0 Å². The summed E-state index contributed by atoms with van der Waals surface area (Å²) in [5.41, 5.74) is 0. The maximum atomic E-state index is 4.23. The van der Waals surface area contributed by atoms with Crippen LogP contribution in [0.2, 0.25) is 0 Å². The molecule has 0 amide bonds. The first-order valence-corrected chi connectivity index (χ1v) is 6.28. The van der Waals surface area contributed by atoms with E-state index in [4.69, 9.17) is 0 Å². The third-order valence-corrected chi connectivity index (χ3v) is 4.47. The fourth-order valence-corrected chi connectivity index (χ4v) is 2.73. The lowest BCUT2D eigenvalue weighted by Crippen LogP contribution is -1.88. The maximum Gasteiger partial charge on any atom is 0.106 e. The lowest BCUT2D eigenvalue weighted by Gasteiger charge is -2.05. The minimum Gasteiger partial charge on any atom is -0.249 e. The molecule has 1 rings (SSSR count). The van der Waals surface area contributed by atoms with Crippen LogP contribution in [0.1, 0.15) is 20.3 Å². The second-order valence-electron chi connectivity index (χ2n) is 2.57. The third-order valence-electron chi connectivity index (χ3n) is 1.51. The van der Waals surface area contributed by atoms with Crippen LogP contribution in [0.3, 0.4) is 0 Å². The van der Waals surface area contributed by atoms with Crippen molar-refractivity contribution in [3.63, 3.8) is 0 Å². The third kappa shape index (κ3) is 3.50. The fourth-order valence-electron chi connectivity index (χ4n) is 0.596. The first-order chi connectivity index (χ1) is 5.83. The molecule has 0 aromatic carbocycles. The van der Waals surface area contributed by atoms with E-state index in [9.17, 15) is 0 Å². The van der Waals surface area contributed by atoms with Gasteiger partial charge in [0, 0.05) is 11.4 Å². The molecule has 1 aromatic heterocycles. The monoisotopic (exact) mass is 199 g/mol. The van der Waals surface area contributed by atoms with E-state index in [-0.39, 0.29) is 0 Å². The van der Waals surface area contributed by atoms with Gasteiger partial charge >= 0.3 is 0 Å². The van der Waals surface area contributed by atoms with E-state index in [0.29, 0.717) is 5.25 Å². The Balaban J connectivity index is 2.33. The molecule has 66 valence electrons. The molecule has 3 heteroatoms. The molecule has 0 aliphatic heterocycles. The molecule has 0 unspecified atom stereocenters. The summed E-state index contributed by atoms with van der Waals surface area (Å²) in [5.74, 6) is 0. The summed E-state index contributed by atoms with van der Waals surface area (Å²) in [4.78, 5) is 4.23. The van der Waals surface area contributed by atoms with Crippen LogP contribution in [-0.4, -0.2) is 10.2 Å². The molecule has 0 aliphatic carbocycles. The molecule has 0 fully saturated rings.